The fourth-order valence-corrected chi connectivity index (χ4v) is 3.29. The van der Waals surface area contributed by atoms with Gasteiger partial charge in [0.1, 0.15) is 16.4 Å². The van der Waals surface area contributed by atoms with Gasteiger partial charge in [0, 0.05) is 11.6 Å². The first-order valence-corrected chi connectivity index (χ1v) is 7.43. The van der Waals surface area contributed by atoms with E-state index in [0.717, 1.165) is 18.0 Å². The molecule has 1 aliphatic rings. The Morgan fingerprint density at radius 1 is 1.59 bits per heavy atom. The average Bonchev–Trinajstić information content (AvgIpc) is 2.84. The number of carboxylic acids is 1. The summed E-state index contributed by atoms with van der Waals surface area (Å²) in [6.07, 6.45) is 1.15. The molecule has 1 atom stereocenters. The summed E-state index contributed by atoms with van der Waals surface area (Å²) in [6.45, 7) is 1.64. The van der Waals surface area contributed by atoms with E-state index in [1.165, 1.54) is 16.0 Å². The van der Waals surface area contributed by atoms with Gasteiger partial charge in [-0.3, -0.25) is 4.79 Å². The minimum atomic E-state index is -1.36. The van der Waals surface area contributed by atoms with Gasteiger partial charge in [-0.05, 0) is 18.6 Å². The number of rotatable bonds is 2. The van der Waals surface area contributed by atoms with E-state index >= 15 is 0 Å². The summed E-state index contributed by atoms with van der Waals surface area (Å²) < 4.78 is 14.6. The van der Waals surface area contributed by atoms with Crippen LogP contribution < -0.4 is 10.7 Å². The normalized spacial score (nSPS) is 17.4. The van der Waals surface area contributed by atoms with Crippen LogP contribution in [-0.4, -0.2) is 20.6 Å². The molecule has 2 aromatic rings. The highest BCUT2D eigenvalue weighted by molar-refractivity contribution is 8.02. The Morgan fingerprint density at radius 3 is 2.91 bits per heavy atom. The van der Waals surface area contributed by atoms with Crippen molar-refractivity contribution in [2.24, 2.45) is 0 Å². The summed E-state index contributed by atoms with van der Waals surface area (Å²) in [7, 11) is 0. The highest BCUT2D eigenvalue weighted by atomic mass is 35.5. The third-order valence-electron chi connectivity index (χ3n) is 3.20. The van der Waals surface area contributed by atoms with E-state index in [4.69, 9.17) is 11.6 Å². The number of hydrogen-bond donors (Lipinski definition) is 2. The van der Waals surface area contributed by atoms with Gasteiger partial charge >= 0.3 is 5.97 Å². The molecule has 0 aliphatic carbocycles. The Hall–Kier alpha value is -2.06. The second-order valence-electron chi connectivity index (χ2n) is 4.64. The molecule has 2 N–H and O–H groups in total. The predicted molar refractivity (Wildman–Crippen MR) is 81.7 cm³/mol. The summed E-state index contributed by atoms with van der Waals surface area (Å²) in [4.78, 5) is 27.7. The third-order valence-corrected chi connectivity index (χ3v) is 4.33. The van der Waals surface area contributed by atoms with Gasteiger partial charge in [0.15, 0.2) is 11.4 Å². The minimum Gasteiger partial charge on any atom is -0.477 e. The fourth-order valence-electron chi connectivity index (χ4n) is 2.25. The number of thioether (sulfide) groups is 1. The number of nitrogens with zero attached hydrogens (tertiary/aromatic N) is 2. The SMILES string of the molecule is Cc1cc(Cl)nc2c1c(=O)c(C(=O)O)cn2C1NC(F)=CS1. The Balaban J connectivity index is 2.37. The first-order chi connectivity index (χ1) is 10.4. The Morgan fingerprint density at radius 2 is 2.32 bits per heavy atom. The topological polar surface area (TPSA) is 84.2 Å². The van der Waals surface area contributed by atoms with Crippen molar-refractivity contribution in [1.82, 2.24) is 14.9 Å². The number of carbonyl (C=O) groups is 1. The van der Waals surface area contributed by atoms with Crippen molar-refractivity contribution in [3.05, 3.63) is 50.1 Å². The predicted octanol–water partition coefficient (Wildman–Crippen LogP) is 2.62. The molecule has 114 valence electrons. The van der Waals surface area contributed by atoms with E-state index in [-0.39, 0.29) is 16.2 Å². The van der Waals surface area contributed by atoms with Crippen molar-refractivity contribution in [2.75, 3.05) is 0 Å². The standard InChI is InChI=1S/C13H9ClFN3O3S/c1-5-2-7(14)16-11-9(5)10(19)6(12(20)21)3-18(11)13-17-8(15)4-22-13/h2-4,13,17H,1H3,(H,20,21). The molecule has 3 rings (SSSR count). The van der Waals surface area contributed by atoms with Gasteiger partial charge in [-0.25, -0.2) is 9.78 Å². The van der Waals surface area contributed by atoms with E-state index in [1.807, 2.05) is 0 Å². The molecule has 22 heavy (non-hydrogen) atoms. The maximum atomic E-state index is 13.2. The minimum absolute atomic E-state index is 0.152. The van der Waals surface area contributed by atoms with Gasteiger partial charge in [0.25, 0.3) is 0 Å². The van der Waals surface area contributed by atoms with Crippen LogP contribution in [0.3, 0.4) is 0 Å². The molecule has 1 aliphatic heterocycles. The largest absolute Gasteiger partial charge is 0.477 e. The number of halogens is 2. The number of pyridine rings is 2. The Kier molecular flexibility index (Phi) is 3.57. The zero-order valence-electron chi connectivity index (χ0n) is 11.1. The smallest absolute Gasteiger partial charge is 0.341 e. The lowest BCUT2D eigenvalue weighted by atomic mass is 10.1. The summed E-state index contributed by atoms with van der Waals surface area (Å²) in [5, 5.41) is 13.3. The zero-order valence-corrected chi connectivity index (χ0v) is 12.7. The van der Waals surface area contributed by atoms with Crippen LogP contribution in [0.1, 0.15) is 21.4 Å². The number of aromatic nitrogens is 2. The Bertz CT molecular complexity index is 896. The van der Waals surface area contributed by atoms with E-state index < -0.39 is 28.4 Å². The van der Waals surface area contributed by atoms with Crippen molar-refractivity contribution in [2.45, 2.75) is 12.4 Å². The zero-order chi connectivity index (χ0) is 16.0. The van der Waals surface area contributed by atoms with Gasteiger partial charge in [-0.1, -0.05) is 23.4 Å². The second-order valence-corrected chi connectivity index (χ2v) is 5.99. The van der Waals surface area contributed by atoms with Crippen molar-refractivity contribution in [3.8, 4) is 0 Å². The molecule has 1 unspecified atom stereocenters. The first-order valence-electron chi connectivity index (χ1n) is 6.11. The van der Waals surface area contributed by atoms with Crippen molar-refractivity contribution in [3.63, 3.8) is 0 Å². The lowest BCUT2D eigenvalue weighted by molar-refractivity contribution is 0.0695. The first kappa shape index (κ1) is 14.9. The summed E-state index contributed by atoms with van der Waals surface area (Å²) in [5.74, 6) is -1.90. The van der Waals surface area contributed by atoms with Crippen molar-refractivity contribution < 1.29 is 14.3 Å². The third kappa shape index (κ3) is 2.34. The molecule has 0 bridgehead atoms. The molecule has 2 aromatic heterocycles. The lowest BCUT2D eigenvalue weighted by Gasteiger charge is -2.18. The maximum absolute atomic E-state index is 13.2. The van der Waals surface area contributed by atoms with Gasteiger partial charge in [-0.2, -0.15) is 4.39 Å². The highest BCUT2D eigenvalue weighted by Crippen LogP contribution is 2.32. The average molecular weight is 342 g/mol. The highest BCUT2D eigenvalue weighted by Gasteiger charge is 2.24. The van der Waals surface area contributed by atoms with Crippen LogP contribution >= 0.6 is 23.4 Å². The number of aromatic carboxylic acids is 1. The van der Waals surface area contributed by atoms with Crippen LogP contribution in [0.25, 0.3) is 11.0 Å². The number of aryl methyl sites for hydroxylation is 1. The molecule has 0 fully saturated rings. The van der Waals surface area contributed by atoms with Crippen LogP contribution in [0.5, 0.6) is 0 Å². The van der Waals surface area contributed by atoms with Gasteiger partial charge < -0.3 is 15.0 Å². The number of nitrogens with one attached hydrogen (secondary N) is 1. The van der Waals surface area contributed by atoms with E-state index in [1.54, 1.807) is 6.92 Å². The van der Waals surface area contributed by atoms with Crippen LogP contribution in [-0.2, 0) is 0 Å². The van der Waals surface area contributed by atoms with Crippen LogP contribution in [0.2, 0.25) is 5.15 Å². The molecule has 0 saturated carbocycles. The van der Waals surface area contributed by atoms with Gasteiger partial charge in [-0.15, -0.1) is 0 Å². The van der Waals surface area contributed by atoms with Gasteiger partial charge in [0.2, 0.25) is 5.43 Å². The number of carboxylic acid groups (broad SMARTS) is 1. The van der Waals surface area contributed by atoms with Crippen LogP contribution in [0.4, 0.5) is 4.39 Å². The number of fused-ring (bicyclic) bond motifs is 1. The van der Waals surface area contributed by atoms with Crippen molar-refractivity contribution >= 4 is 40.4 Å². The molecular weight excluding hydrogens is 333 g/mol. The summed E-state index contributed by atoms with van der Waals surface area (Å²) in [6, 6.07) is 1.48. The van der Waals surface area contributed by atoms with Crippen LogP contribution in [0.15, 0.2) is 28.4 Å². The summed E-state index contributed by atoms with van der Waals surface area (Å²) >= 11 is 7.02. The molecule has 0 amide bonds. The molecule has 9 heteroatoms. The Labute approximate surface area is 132 Å². The van der Waals surface area contributed by atoms with Gasteiger partial charge in [0.05, 0.1) is 5.39 Å². The monoisotopic (exact) mass is 341 g/mol. The van der Waals surface area contributed by atoms with E-state index in [9.17, 15) is 19.1 Å². The molecule has 0 spiro atoms. The lowest BCUT2D eigenvalue weighted by Crippen LogP contribution is -2.25. The summed E-state index contributed by atoms with van der Waals surface area (Å²) in [5.41, 5.74) is -0.987. The van der Waals surface area contributed by atoms with E-state index in [0.29, 0.717) is 5.56 Å². The molecule has 0 aromatic carbocycles. The molecular formula is C13H9ClFN3O3S. The number of hydrogen-bond acceptors (Lipinski definition) is 5. The maximum Gasteiger partial charge on any atom is 0.341 e. The van der Waals surface area contributed by atoms with E-state index in [2.05, 4.69) is 10.3 Å². The molecule has 0 saturated heterocycles. The van der Waals surface area contributed by atoms with Crippen LogP contribution in [0, 0.1) is 6.92 Å². The fraction of sp³-hybridized carbons (Fsp3) is 0.154. The second kappa shape index (κ2) is 5.29. The molecule has 3 heterocycles. The quantitative estimate of drug-likeness (QED) is 0.645. The molecule has 0 radical (unpaired) electrons. The molecule has 6 nitrogen and oxygen atoms in total. The van der Waals surface area contributed by atoms with Crippen molar-refractivity contribution in [1.29, 1.82) is 0 Å².